The van der Waals surface area contributed by atoms with Crippen molar-refractivity contribution in [3.05, 3.63) is 42.4 Å². The summed E-state index contributed by atoms with van der Waals surface area (Å²) in [4.78, 5) is 15.9. The van der Waals surface area contributed by atoms with Crippen LogP contribution in [0, 0.1) is 5.92 Å². The van der Waals surface area contributed by atoms with E-state index in [0.29, 0.717) is 37.7 Å². The second-order valence-corrected chi connectivity index (χ2v) is 5.48. The van der Waals surface area contributed by atoms with Crippen LogP contribution in [0.3, 0.4) is 0 Å². The number of carbonyl (C=O) groups is 1. The summed E-state index contributed by atoms with van der Waals surface area (Å²) in [6.45, 7) is 3.23. The van der Waals surface area contributed by atoms with Crippen molar-refractivity contribution in [3.8, 4) is 11.3 Å². The van der Waals surface area contributed by atoms with Crippen LogP contribution < -0.4 is 11.1 Å². The minimum Gasteiger partial charge on any atom is -0.441 e. The minimum atomic E-state index is 0. The number of benzene rings is 1. The van der Waals surface area contributed by atoms with E-state index < -0.39 is 0 Å². The summed E-state index contributed by atoms with van der Waals surface area (Å²) in [6.07, 6.45) is 3.58. The Morgan fingerprint density at radius 2 is 2.00 bits per heavy atom. The molecule has 1 aromatic carbocycles. The molecule has 1 aromatic heterocycles. The first-order valence-corrected chi connectivity index (χ1v) is 7.66. The molecule has 0 aliphatic carbocycles. The fourth-order valence-electron chi connectivity index (χ4n) is 2.02. The van der Waals surface area contributed by atoms with Gasteiger partial charge in [0.25, 0.3) is 0 Å². The van der Waals surface area contributed by atoms with Gasteiger partial charge in [0.2, 0.25) is 5.91 Å². The second-order valence-electron chi connectivity index (χ2n) is 5.48. The number of halogens is 2. The van der Waals surface area contributed by atoms with Gasteiger partial charge in [-0.05, 0) is 18.9 Å². The third-order valence-electron chi connectivity index (χ3n) is 3.46. The fraction of sp³-hybridized carbons (Fsp3) is 0.412. The molecule has 2 aromatic rings. The average molecular weight is 374 g/mol. The predicted octanol–water partition coefficient (Wildman–Crippen LogP) is 3.22. The molecule has 24 heavy (non-hydrogen) atoms. The first kappa shape index (κ1) is 22.4. The van der Waals surface area contributed by atoms with E-state index in [1.54, 1.807) is 6.20 Å². The molecule has 3 N–H and O–H groups in total. The topological polar surface area (TPSA) is 81.1 Å². The van der Waals surface area contributed by atoms with Crippen LogP contribution in [-0.4, -0.2) is 24.0 Å². The summed E-state index contributed by atoms with van der Waals surface area (Å²) < 4.78 is 5.71. The Balaban J connectivity index is 0.00000264. The zero-order chi connectivity index (χ0) is 15.8. The lowest BCUT2D eigenvalue weighted by atomic mass is 10.2. The molecule has 0 saturated carbocycles. The van der Waals surface area contributed by atoms with Gasteiger partial charge in [-0.25, -0.2) is 4.98 Å². The molecule has 5 nitrogen and oxygen atoms in total. The molecule has 0 fully saturated rings. The maximum Gasteiger partial charge on any atom is 0.220 e. The molecule has 0 bridgehead atoms. The van der Waals surface area contributed by atoms with Crippen molar-refractivity contribution in [2.75, 3.05) is 13.1 Å². The normalized spacial score (nSPS) is 11.1. The molecule has 134 valence electrons. The number of nitrogens with zero attached hydrogens (tertiary/aromatic N) is 1. The smallest absolute Gasteiger partial charge is 0.220 e. The predicted molar refractivity (Wildman–Crippen MR) is 101 cm³/mol. The van der Waals surface area contributed by atoms with Crippen LogP contribution in [-0.2, 0) is 11.2 Å². The van der Waals surface area contributed by atoms with E-state index >= 15 is 0 Å². The molecule has 2 rings (SSSR count). The molecule has 1 amide bonds. The van der Waals surface area contributed by atoms with Gasteiger partial charge < -0.3 is 15.5 Å². The van der Waals surface area contributed by atoms with Gasteiger partial charge >= 0.3 is 0 Å². The monoisotopic (exact) mass is 373 g/mol. The maximum atomic E-state index is 11.7. The summed E-state index contributed by atoms with van der Waals surface area (Å²) >= 11 is 0. The highest BCUT2D eigenvalue weighted by Gasteiger charge is 2.08. The van der Waals surface area contributed by atoms with E-state index in [-0.39, 0.29) is 30.7 Å². The number of hydrogen-bond donors (Lipinski definition) is 2. The molecular formula is C17H25Cl2N3O2. The molecule has 1 unspecified atom stereocenters. The first-order valence-electron chi connectivity index (χ1n) is 7.66. The molecule has 0 radical (unpaired) electrons. The number of carbonyl (C=O) groups excluding carboxylic acids is 1. The molecular weight excluding hydrogens is 349 g/mol. The van der Waals surface area contributed by atoms with Crippen LogP contribution in [0.5, 0.6) is 0 Å². The zero-order valence-corrected chi connectivity index (χ0v) is 15.4. The Morgan fingerprint density at radius 1 is 1.29 bits per heavy atom. The van der Waals surface area contributed by atoms with Gasteiger partial charge in [-0.1, -0.05) is 37.3 Å². The summed E-state index contributed by atoms with van der Waals surface area (Å²) in [7, 11) is 0. The van der Waals surface area contributed by atoms with Gasteiger partial charge in [0.05, 0.1) is 6.20 Å². The minimum absolute atomic E-state index is 0. The lowest BCUT2D eigenvalue weighted by Crippen LogP contribution is -2.31. The summed E-state index contributed by atoms with van der Waals surface area (Å²) in [6, 6.07) is 9.85. The molecule has 1 atom stereocenters. The number of aromatic nitrogens is 1. The van der Waals surface area contributed by atoms with Gasteiger partial charge in [0.15, 0.2) is 11.7 Å². The highest BCUT2D eigenvalue weighted by atomic mass is 35.5. The van der Waals surface area contributed by atoms with Crippen molar-refractivity contribution in [1.82, 2.24) is 10.3 Å². The molecule has 0 spiro atoms. The quantitative estimate of drug-likeness (QED) is 0.744. The number of amides is 1. The van der Waals surface area contributed by atoms with Crippen molar-refractivity contribution < 1.29 is 9.21 Å². The van der Waals surface area contributed by atoms with Gasteiger partial charge in [0.1, 0.15) is 0 Å². The Kier molecular flexibility index (Phi) is 11.1. The largest absolute Gasteiger partial charge is 0.441 e. The summed E-state index contributed by atoms with van der Waals surface area (Å²) in [5.74, 6) is 1.79. The third-order valence-corrected chi connectivity index (χ3v) is 3.46. The number of hydrogen-bond acceptors (Lipinski definition) is 4. The van der Waals surface area contributed by atoms with E-state index in [2.05, 4.69) is 10.3 Å². The van der Waals surface area contributed by atoms with Crippen LogP contribution in [0.15, 0.2) is 40.9 Å². The summed E-state index contributed by atoms with van der Waals surface area (Å²) in [5, 5.41) is 2.88. The molecule has 0 aliphatic rings. The van der Waals surface area contributed by atoms with E-state index in [0.717, 1.165) is 17.7 Å². The highest BCUT2D eigenvalue weighted by molar-refractivity contribution is 5.85. The molecule has 1 heterocycles. The zero-order valence-electron chi connectivity index (χ0n) is 13.7. The maximum absolute atomic E-state index is 11.7. The lowest BCUT2D eigenvalue weighted by Gasteiger charge is -2.09. The first-order chi connectivity index (χ1) is 10.7. The lowest BCUT2D eigenvalue weighted by molar-refractivity contribution is -0.121. The van der Waals surface area contributed by atoms with Gasteiger partial charge in [-0.15, -0.1) is 24.8 Å². The molecule has 7 heteroatoms. The Hall–Kier alpha value is -1.56. The van der Waals surface area contributed by atoms with E-state index in [9.17, 15) is 4.79 Å². The van der Waals surface area contributed by atoms with Gasteiger partial charge in [0, 0.05) is 24.9 Å². The van der Waals surface area contributed by atoms with Crippen LogP contribution in [0.1, 0.15) is 25.7 Å². The van der Waals surface area contributed by atoms with Crippen molar-refractivity contribution in [2.24, 2.45) is 11.7 Å². The van der Waals surface area contributed by atoms with E-state index in [4.69, 9.17) is 10.2 Å². The van der Waals surface area contributed by atoms with Crippen LogP contribution in [0.4, 0.5) is 0 Å². The van der Waals surface area contributed by atoms with Crippen molar-refractivity contribution >= 4 is 30.7 Å². The van der Waals surface area contributed by atoms with Crippen molar-refractivity contribution in [2.45, 2.75) is 26.2 Å². The Bertz CT molecular complexity index is 591. The number of oxazole rings is 1. The fourth-order valence-corrected chi connectivity index (χ4v) is 2.02. The number of aryl methyl sites for hydroxylation is 1. The number of nitrogens with two attached hydrogens (primary N) is 1. The van der Waals surface area contributed by atoms with Crippen LogP contribution in [0.25, 0.3) is 11.3 Å². The van der Waals surface area contributed by atoms with Gasteiger partial charge in [-0.2, -0.15) is 0 Å². The molecule has 0 saturated heterocycles. The van der Waals surface area contributed by atoms with Crippen molar-refractivity contribution in [3.63, 3.8) is 0 Å². The van der Waals surface area contributed by atoms with E-state index in [1.807, 2.05) is 37.3 Å². The van der Waals surface area contributed by atoms with E-state index in [1.165, 1.54) is 0 Å². The standard InChI is InChI=1S/C17H23N3O2.2ClH/c1-13(10-18)11-19-16(21)8-5-9-17-20-12-15(22-17)14-6-3-2-4-7-14;;/h2-4,6-7,12-13H,5,8-11,18H2,1H3,(H,19,21);2*1H. The second kappa shape index (κ2) is 11.9. The third kappa shape index (κ3) is 7.34. The van der Waals surface area contributed by atoms with Crippen molar-refractivity contribution in [1.29, 1.82) is 0 Å². The number of nitrogens with one attached hydrogen (secondary N) is 1. The Labute approximate surface area is 155 Å². The SMILES string of the molecule is CC(CN)CNC(=O)CCCc1ncc(-c2ccccc2)o1.Cl.Cl. The molecule has 0 aliphatic heterocycles. The number of rotatable bonds is 8. The average Bonchev–Trinajstić information content (AvgIpc) is 3.02. The van der Waals surface area contributed by atoms with Gasteiger partial charge in [-0.3, -0.25) is 4.79 Å². The highest BCUT2D eigenvalue weighted by Crippen LogP contribution is 2.20. The Morgan fingerprint density at radius 3 is 2.67 bits per heavy atom. The summed E-state index contributed by atoms with van der Waals surface area (Å²) in [5.41, 5.74) is 6.52. The van der Waals surface area contributed by atoms with Crippen LogP contribution in [0.2, 0.25) is 0 Å². The van der Waals surface area contributed by atoms with Crippen LogP contribution >= 0.6 is 24.8 Å².